The molecule has 0 spiro atoms. The molecule has 1 amide bonds. The van der Waals surface area contributed by atoms with Crippen LogP contribution in [-0.4, -0.2) is 30.0 Å². The van der Waals surface area contributed by atoms with Crippen LogP contribution in [0.1, 0.15) is 39.0 Å². The number of methoxy groups -OCH3 is 1. The van der Waals surface area contributed by atoms with Crippen LogP contribution in [0.2, 0.25) is 0 Å². The maximum atomic E-state index is 11.6. The standard InChI is InChI=1S/C11H20BrNO2/c1-9(12)4-7-13-10(14)8-11(15-2)5-3-6-11/h9H,3-8H2,1-2H3,(H,13,14). The molecule has 4 heteroatoms. The van der Waals surface area contributed by atoms with E-state index in [1.165, 1.54) is 6.42 Å². The molecule has 0 aromatic carbocycles. The van der Waals surface area contributed by atoms with Crippen LogP contribution < -0.4 is 5.32 Å². The van der Waals surface area contributed by atoms with Gasteiger partial charge in [0, 0.05) is 18.5 Å². The van der Waals surface area contributed by atoms with E-state index >= 15 is 0 Å². The molecule has 1 unspecified atom stereocenters. The van der Waals surface area contributed by atoms with E-state index in [2.05, 4.69) is 28.2 Å². The van der Waals surface area contributed by atoms with Crippen LogP contribution in [0.5, 0.6) is 0 Å². The zero-order valence-corrected chi connectivity index (χ0v) is 11.1. The van der Waals surface area contributed by atoms with Gasteiger partial charge in [-0.15, -0.1) is 0 Å². The van der Waals surface area contributed by atoms with Crippen LogP contribution in [-0.2, 0) is 9.53 Å². The Hall–Kier alpha value is -0.0900. The lowest BCUT2D eigenvalue weighted by Gasteiger charge is -2.39. The highest BCUT2D eigenvalue weighted by atomic mass is 79.9. The van der Waals surface area contributed by atoms with Gasteiger partial charge in [-0.1, -0.05) is 22.9 Å². The normalized spacial score (nSPS) is 20.5. The summed E-state index contributed by atoms with van der Waals surface area (Å²) >= 11 is 3.45. The summed E-state index contributed by atoms with van der Waals surface area (Å²) in [6.07, 6.45) is 4.70. The lowest BCUT2D eigenvalue weighted by atomic mass is 9.77. The molecule has 0 aromatic rings. The van der Waals surface area contributed by atoms with Crippen molar-refractivity contribution in [3.8, 4) is 0 Å². The minimum absolute atomic E-state index is 0.115. The van der Waals surface area contributed by atoms with Gasteiger partial charge in [-0.2, -0.15) is 0 Å². The van der Waals surface area contributed by atoms with Gasteiger partial charge in [-0.3, -0.25) is 4.79 Å². The molecule has 0 bridgehead atoms. The van der Waals surface area contributed by atoms with Crippen molar-refractivity contribution >= 4 is 21.8 Å². The number of halogens is 1. The van der Waals surface area contributed by atoms with Crippen molar-refractivity contribution in [2.75, 3.05) is 13.7 Å². The van der Waals surface area contributed by atoms with E-state index in [0.29, 0.717) is 11.2 Å². The van der Waals surface area contributed by atoms with Crippen molar-refractivity contribution in [2.45, 2.75) is 49.5 Å². The summed E-state index contributed by atoms with van der Waals surface area (Å²) in [4.78, 5) is 12.0. The Morgan fingerprint density at radius 2 is 2.27 bits per heavy atom. The van der Waals surface area contributed by atoms with Crippen molar-refractivity contribution in [2.24, 2.45) is 0 Å². The Morgan fingerprint density at radius 3 is 2.67 bits per heavy atom. The first-order valence-corrected chi connectivity index (χ1v) is 6.45. The minimum atomic E-state index is -0.149. The minimum Gasteiger partial charge on any atom is -0.378 e. The highest BCUT2D eigenvalue weighted by Gasteiger charge is 2.38. The average Bonchev–Trinajstić information content (AvgIpc) is 2.11. The van der Waals surface area contributed by atoms with E-state index in [9.17, 15) is 4.79 Å². The van der Waals surface area contributed by atoms with Gasteiger partial charge in [-0.05, 0) is 25.7 Å². The third kappa shape index (κ3) is 4.11. The molecular weight excluding hydrogens is 258 g/mol. The van der Waals surface area contributed by atoms with E-state index in [0.717, 1.165) is 25.8 Å². The molecule has 1 aliphatic rings. The summed E-state index contributed by atoms with van der Waals surface area (Å²) in [7, 11) is 1.70. The van der Waals surface area contributed by atoms with E-state index < -0.39 is 0 Å². The Morgan fingerprint density at radius 1 is 1.60 bits per heavy atom. The molecular formula is C11H20BrNO2. The second-order valence-corrected chi connectivity index (χ2v) is 5.90. The number of nitrogens with one attached hydrogen (secondary N) is 1. The maximum absolute atomic E-state index is 11.6. The number of amides is 1. The number of carbonyl (C=O) groups is 1. The first kappa shape index (κ1) is 13.0. The van der Waals surface area contributed by atoms with Gasteiger partial charge in [0.1, 0.15) is 0 Å². The van der Waals surface area contributed by atoms with E-state index in [1.54, 1.807) is 7.11 Å². The molecule has 1 N–H and O–H groups in total. The predicted molar refractivity (Wildman–Crippen MR) is 64.2 cm³/mol. The van der Waals surface area contributed by atoms with Crippen LogP contribution >= 0.6 is 15.9 Å². The quantitative estimate of drug-likeness (QED) is 0.757. The van der Waals surface area contributed by atoms with Gasteiger partial charge in [0.15, 0.2) is 0 Å². The van der Waals surface area contributed by atoms with Crippen molar-refractivity contribution in [3.63, 3.8) is 0 Å². The lowest BCUT2D eigenvalue weighted by molar-refractivity contribution is -0.134. The Labute approximate surface area is 100 Å². The number of carbonyl (C=O) groups excluding carboxylic acids is 1. The molecule has 1 atom stereocenters. The molecule has 3 nitrogen and oxygen atoms in total. The smallest absolute Gasteiger partial charge is 0.222 e. The van der Waals surface area contributed by atoms with Crippen LogP contribution in [0.4, 0.5) is 0 Å². The maximum Gasteiger partial charge on any atom is 0.222 e. The van der Waals surface area contributed by atoms with Crippen molar-refractivity contribution < 1.29 is 9.53 Å². The molecule has 1 rings (SSSR count). The lowest BCUT2D eigenvalue weighted by Crippen LogP contribution is -2.44. The number of hydrogen-bond donors (Lipinski definition) is 1. The Bertz CT molecular complexity index is 209. The van der Waals surface area contributed by atoms with Gasteiger partial charge in [0.05, 0.1) is 12.0 Å². The van der Waals surface area contributed by atoms with Crippen LogP contribution in [0.3, 0.4) is 0 Å². The number of alkyl halides is 1. The summed E-state index contributed by atoms with van der Waals surface area (Å²) in [6.45, 7) is 2.82. The fourth-order valence-corrected chi connectivity index (χ4v) is 2.02. The molecule has 15 heavy (non-hydrogen) atoms. The number of hydrogen-bond acceptors (Lipinski definition) is 2. The second-order valence-electron chi connectivity index (χ2n) is 4.34. The SMILES string of the molecule is COC1(CC(=O)NCCC(C)Br)CCC1. The monoisotopic (exact) mass is 277 g/mol. The van der Waals surface area contributed by atoms with E-state index in [1.807, 2.05) is 0 Å². The molecule has 0 aromatic heterocycles. The summed E-state index contributed by atoms with van der Waals surface area (Å²) in [5.74, 6) is 0.115. The van der Waals surface area contributed by atoms with Gasteiger partial charge in [0.2, 0.25) is 5.91 Å². The topological polar surface area (TPSA) is 38.3 Å². The molecule has 1 fully saturated rings. The van der Waals surface area contributed by atoms with Crippen molar-refractivity contribution in [3.05, 3.63) is 0 Å². The molecule has 88 valence electrons. The molecule has 1 aliphatic carbocycles. The first-order valence-electron chi connectivity index (χ1n) is 5.54. The molecule has 1 saturated carbocycles. The van der Waals surface area contributed by atoms with Crippen molar-refractivity contribution in [1.82, 2.24) is 5.32 Å². The van der Waals surface area contributed by atoms with Crippen molar-refractivity contribution in [1.29, 1.82) is 0 Å². The highest BCUT2D eigenvalue weighted by molar-refractivity contribution is 9.09. The van der Waals surface area contributed by atoms with Gasteiger partial charge < -0.3 is 10.1 Å². The zero-order chi connectivity index (χ0) is 11.3. The van der Waals surface area contributed by atoms with Gasteiger partial charge in [-0.25, -0.2) is 0 Å². The van der Waals surface area contributed by atoms with Crippen LogP contribution in [0, 0.1) is 0 Å². The molecule has 0 aliphatic heterocycles. The van der Waals surface area contributed by atoms with Gasteiger partial charge in [0.25, 0.3) is 0 Å². The summed E-state index contributed by atoms with van der Waals surface area (Å²) in [6, 6.07) is 0. The second kappa shape index (κ2) is 5.85. The molecule has 0 saturated heterocycles. The first-order chi connectivity index (χ1) is 7.08. The fourth-order valence-electron chi connectivity index (χ4n) is 1.79. The van der Waals surface area contributed by atoms with Gasteiger partial charge >= 0.3 is 0 Å². The largest absolute Gasteiger partial charge is 0.378 e. The molecule has 0 heterocycles. The Kier molecular flexibility index (Phi) is 5.06. The third-order valence-electron chi connectivity index (χ3n) is 3.04. The predicted octanol–water partition coefficient (Wildman–Crippen LogP) is 2.24. The third-order valence-corrected chi connectivity index (χ3v) is 3.50. The summed E-state index contributed by atoms with van der Waals surface area (Å²) in [5, 5.41) is 2.92. The Balaban J connectivity index is 2.17. The van der Waals surface area contributed by atoms with E-state index in [-0.39, 0.29) is 11.5 Å². The van der Waals surface area contributed by atoms with Crippen LogP contribution in [0.15, 0.2) is 0 Å². The number of rotatable bonds is 6. The molecule has 0 radical (unpaired) electrons. The average molecular weight is 278 g/mol. The van der Waals surface area contributed by atoms with Crippen LogP contribution in [0.25, 0.3) is 0 Å². The zero-order valence-electron chi connectivity index (χ0n) is 9.51. The number of ether oxygens (including phenoxy) is 1. The summed E-state index contributed by atoms with van der Waals surface area (Å²) in [5.41, 5.74) is -0.149. The highest BCUT2D eigenvalue weighted by Crippen LogP contribution is 2.37. The summed E-state index contributed by atoms with van der Waals surface area (Å²) < 4.78 is 5.40. The fraction of sp³-hybridized carbons (Fsp3) is 0.909. The van der Waals surface area contributed by atoms with E-state index in [4.69, 9.17) is 4.74 Å².